The van der Waals surface area contributed by atoms with Crippen LogP contribution in [0.5, 0.6) is 0 Å². The van der Waals surface area contributed by atoms with E-state index in [0.717, 1.165) is 31.9 Å². The molecule has 0 saturated heterocycles. The van der Waals surface area contributed by atoms with Crippen LogP contribution >= 0.6 is 0 Å². The van der Waals surface area contributed by atoms with E-state index in [2.05, 4.69) is 30.8 Å². The standard InChI is InChI=1S/C13H22N2O2/c1-5-15(10-6-9-14(3)4)13-8-7-12(17-13)11(2)16/h7-8H,5-6,9-10H2,1-4H3. The van der Waals surface area contributed by atoms with Crippen LogP contribution in [0.3, 0.4) is 0 Å². The minimum absolute atomic E-state index is 0.0272. The molecule has 0 aliphatic carbocycles. The Hall–Kier alpha value is -1.29. The van der Waals surface area contributed by atoms with Crippen LogP contribution in [-0.2, 0) is 0 Å². The van der Waals surface area contributed by atoms with Crippen LogP contribution < -0.4 is 4.90 Å². The number of carbonyl (C=O) groups excluding carboxylic acids is 1. The van der Waals surface area contributed by atoms with E-state index in [0.29, 0.717) is 5.76 Å². The topological polar surface area (TPSA) is 36.7 Å². The highest BCUT2D eigenvalue weighted by Crippen LogP contribution is 2.18. The number of carbonyl (C=O) groups is 1. The Labute approximate surface area is 103 Å². The maximum Gasteiger partial charge on any atom is 0.196 e. The summed E-state index contributed by atoms with van der Waals surface area (Å²) in [4.78, 5) is 15.5. The maximum atomic E-state index is 11.2. The fourth-order valence-corrected chi connectivity index (χ4v) is 1.69. The Bertz CT molecular complexity index is 358. The normalized spacial score (nSPS) is 10.9. The van der Waals surface area contributed by atoms with Gasteiger partial charge >= 0.3 is 0 Å². The molecular formula is C13H22N2O2. The highest BCUT2D eigenvalue weighted by atomic mass is 16.4. The molecule has 0 saturated carbocycles. The number of hydrogen-bond acceptors (Lipinski definition) is 4. The van der Waals surface area contributed by atoms with Crippen LogP contribution in [0.15, 0.2) is 16.5 Å². The Morgan fingerprint density at radius 1 is 1.29 bits per heavy atom. The molecule has 0 N–H and O–H groups in total. The van der Waals surface area contributed by atoms with Gasteiger partial charge in [0, 0.05) is 26.1 Å². The molecule has 0 atom stereocenters. The molecule has 96 valence electrons. The number of nitrogens with zero attached hydrogens (tertiary/aromatic N) is 2. The average Bonchev–Trinajstić information content (AvgIpc) is 2.73. The van der Waals surface area contributed by atoms with Gasteiger partial charge in [-0.25, -0.2) is 0 Å². The largest absolute Gasteiger partial charge is 0.437 e. The van der Waals surface area contributed by atoms with Gasteiger partial charge in [0.2, 0.25) is 0 Å². The monoisotopic (exact) mass is 238 g/mol. The molecule has 4 heteroatoms. The van der Waals surface area contributed by atoms with Crippen LogP contribution in [0.1, 0.15) is 30.8 Å². The van der Waals surface area contributed by atoms with Crippen LogP contribution in [0.4, 0.5) is 5.88 Å². The lowest BCUT2D eigenvalue weighted by atomic mass is 10.3. The summed E-state index contributed by atoms with van der Waals surface area (Å²) in [6.07, 6.45) is 1.08. The third-order valence-electron chi connectivity index (χ3n) is 2.67. The molecule has 0 amide bonds. The van der Waals surface area contributed by atoms with E-state index >= 15 is 0 Å². The van der Waals surface area contributed by atoms with Gasteiger partial charge in [-0.05, 0) is 40.1 Å². The molecule has 0 aromatic carbocycles. The number of anilines is 1. The summed E-state index contributed by atoms with van der Waals surface area (Å²) in [5.41, 5.74) is 0. The van der Waals surface area contributed by atoms with Crippen molar-refractivity contribution in [3.63, 3.8) is 0 Å². The molecule has 0 aliphatic rings. The van der Waals surface area contributed by atoms with E-state index in [1.54, 1.807) is 6.07 Å². The second kappa shape index (κ2) is 6.45. The van der Waals surface area contributed by atoms with Gasteiger partial charge in [-0.3, -0.25) is 4.79 Å². The Balaban J connectivity index is 2.56. The third kappa shape index (κ3) is 4.23. The highest BCUT2D eigenvalue weighted by molar-refractivity contribution is 5.91. The molecule has 1 aromatic heterocycles. The molecule has 1 aromatic rings. The summed E-state index contributed by atoms with van der Waals surface area (Å²) >= 11 is 0. The summed E-state index contributed by atoms with van der Waals surface area (Å²) in [7, 11) is 4.13. The van der Waals surface area contributed by atoms with Gasteiger partial charge in [-0.15, -0.1) is 0 Å². The molecule has 0 unspecified atom stereocenters. The summed E-state index contributed by atoms with van der Waals surface area (Å²) in [5, 5.41) is 0. The van der Waals surface area contributed by atoms with E-state index < -0.39 is 0 Å². The first-order chi connectivity index (χ1) is 8.04. The van der Waals surface area contributed by atoms with Crippen LogP contribution in [0.2, 0.25) is 0 Å². The number of furan rings is 1. The zero-order valence-corrected chi connectivity index (χ0v) is 11.2. The molecule has 1 rings (SSSR count). The van der Waals surface area contributed by atoms with Gasteiger partial charge < -0.3 is 14.2 Å². The van der Waals surface area contributed by atoms with Crippen molar-refractivity contribution < 1.29 is 9.21 Å². The quantitative estimate of drug-likeness (QED) is 0.683. The zero-order valence-electron chi connectivity index (χ0n) is 11.2. The average molecular weight is 238 g/mol. The van der Waals surface area contributed by atoms with Crippen molar-refractivity contribution in [3.8, 4) is 0 Å². The van der Waals surface area contributed by atoms with E-state index in [1.165, 1.54) is 6.92 Å². The predicted octanol–water partition coefficient (Wildman–Crippen LogP) is 2.26. The van der Waals surface area contributed by atoms with Crippen LogP contribution in [-0.4, -0.2) is 44.4 Å². The van der Waals surface area contributed by atoms with Crippen molar-refractivity contribution in [1.29, 1.82) is 0 Å². The molecule has 4 nitrogen and oxygen atoms in total. The molecule has 1 heterocycles. The molecule has 0 radical (unpaired) electrons. The van der Waals surface area contributed by atoms with Gasteiger partial charge in [-0.2, -0.15) is 0 Å². The number of Topliss-reactive ketones (excluding diaryl/α,β-unsaturated/α-hetero) is 1. The van der Waals surface area contributed by atoms with Gasteiger partial charge in [0.25, 0.3) is 0 Å². The minimum atomic E-state index is -0.0272. The van der Waals surface area contributed by atoms with Gasteiger partial charge in [0.15, 0.2) is 17.4 Å². The number of ketones is 1. The van der Waals surface area contributed by atoms with E-state index in [1.807, 2.05) is 6.07 Å². The molecule has 0 spiro atoms. The molecule has 0 bridgehead atoms. The van der Waals surface area contributed by atoms with Gasteiger partial charge in [0.05, 0.1) is 0 Å². The summed E-state index contributed by atoms with van der Waals surface area (Å²) < 4.78 is 5.52. The lowest BCUT2D eigenvalue weighted by Crippen LogP contribution is -2.26. The van der Waals surface area contributed by atoms with Gasteiger partial charge in [-0.1, -0.05) is 0 Å². The maximum absolute atomic E-state index is 11.2. The first-order valence-electron chi connectivity index (χ1n) is 6.05. The van der Waals surface area contributed by atoms with Crippen LogP contribution in [0, 0.1) is 0 Å². The zero-order chi connectivity index (χ0) is 12.8. The molecule has 17 heavy (non-hydrogen) atoms. The van der Waals surface area contributed by atoms with Crippen molar-refractivity contribution >= 4 is 11.7 Å². The smallest absolute Gasteiger partial charge is 0.196 e. The molecule has 0 fully saturated rings. The summed E-state index contributed by atoms with van der Waals surface area (Å²) in [5.74, 6) is 1.20. The minimum Gasteiger partial charge on any atom is -0.437 e. The highest BCUT2D eigenvalue weighted by Gasteiger charge is 2.11. The van der Waals surface area contributed by atoms with Crippen molar-refractivity contribution in [2.75, 3.05) is 38.6 Å². The van der Waals surface area contributed by atoms with Crippen molar-refractivity contribution in [2.24, 2.45) is 0 Å². The Morgan fingerprint density at radius 2 is 2.00 bits per heavy atom. The van der Waals surface area contributed by atoms with Gasteiger partial charge in [0.1, 0.15) is 0 Å². The number of hydrogen-bond donors (Lipinski definition) is 0. The number of rotatable bonds is 7. The SMILES string of the molecule is CCN(CCCN(C)C)c1ccc(C(C)=O)o1. The van der Waals surface area contributed by atoms with Crippen LogP contribution in [0.25, 0.3) is 0 Å². The molecule has 0 aliphatic heterocycles. The summed E-state index contributed by atoms with van der Waals surface area (Å²) in [6.45, 7) is 6.49. The predicted molar refractivity (Wildman–Crippen MR) is 69.8 cm³/mol. The lowest BCUT2D eigenvalue weighted by molar-refractivity contribution is 0.0987. The Kier molecular flexibility index (Phi) is 5.22. The van der Waals surface area contributed by atoms with Crippen molar-refractivity contribution in [3.05, 3.63) is 17.9 Å². The van der Waals surface area contributed by atoms with E-state index in [9.17, 15) is 4.79 Å². The second-order valence-corrected chi connectivity index (χ2v) is 4.43. The van der Waals surface area contributed by atoms with Crippen molar-refractivity contribution in [2.45, 2.75) is 20.3 Å². The Morgan fingerprint density at radius 3 is 2.47 bits per heavy atom. The van der Waals surface area contributed by atoms with E-state index in [4.69, 9.17) is 4.42 Å². The third-order valence-corrected chi connectivity index (χ3v) is 2.67. The van der Waals surface area contributed by atoms with E-state index in [-0.39, 0.29) is 5.78 Å². The summed E-state index contributed by atoms with van der Waals surface area (Å²) in [6, 6.07) is 3.61. The lowest BCUT2D eigenvalue weighted by Gasteiger charge is -2.20. The fraction of sp³-hybridized carbons (Fsp3) is 0.615. The van der Waals surface area contributed by atoms with Crippen molar-refractivity contribution in [1.82, 2.24) is 4.90 Å². The second-order valence-electron chi connectivity index (χ2n) is 4.43. The fourth-order valence-electron chi connectivity index (χ4n) is 1.69. The molecular weight excluding hydrogens is 216 g/mol. The first kappa shape index (κ1) is 13.8. The first-order valence-corrected chi connectivity index (χ1v) is 6.05.